The summed E-state index contributed by atoms with van der Waals surface area (Å²) >= 11 is 0. The van der Waals surface area contributed by atoms with Crippen LogP contribution < -0.4 is 5.09 Å². The van der Waals surface area contributed by atoms with E-state index < -0.39 is 0 Å². The van der Waals surface area contributed by atoms with Gasteiger partial charge in [-0.1, -0.05) is 0 Å². The molecule has 0 unspecified atom stereocenters. The molecule has 0 saturated carbocycles. The predicted molar refractivity (Wildman–Crippen MR) is 26.3 cm³/mol. The van der Waals surface area contributed by atoms with Crippen molar-refractivity contribution in [3.05, 3.63) is 0 Å². The van der Waals surface area contributed by atoms with Gasteiger partial charge >= 0.3 is 0 Å². The quantitative estimate of drug-likeness (QED) is 0.431. The maximum Gasteiger partial charge on any atom is 0.246 e. The molecule has 4 heteroatoms. The molecule has 0 aliphatic rings. The van der Waals surface area contributed by atoms with E-state index >= 15 is 0 Å². The van der Waals surface area contributed by atoms with Crippen LogP contribution in [0.25, 0.3) is 0 Å². The molecular weight excluding hydrogens is 113 g/mol. The summed E-state index contributed by atoms with van der Waals surface area (Å²) in [7, 11) is -0.192. The highest BCUT2D eigenvalue weighted by Crippen LogP contribution is 1.83. The summed E-state index contributed by atoms with van der Waals surface area (Å²) in [6.07, 6.45) is 0.685. The van der Waals surface area contributed by atoms with Crippen LogP contribution in [0.2, 0.25) is 0 Å². The molecule has 0 aromatic rings. The van der Waals surface area contributed by atoms with Crippen LogP contribution in [0.4, 0.5) is 0 Å². The molecule has 0 heterocycles. The fraction of sp³-hybridized carbons (Fsp3) is 0.667. The lowest BCUT2D eigenvalue weighted by Gasteiger charge is -1.91. The maximum absolute atomic E-state index is 9.69. The molecule has 7 heavy (non-hydrogen) atoms. The van der Waals surface area contributed by atoms with Crippen molar-refractivity contribution in [2.24, 2.45) is 0 Å². The van der Waals surface area contributed by atoms with E-state index in [9.17, 15) is 9.36 Å². The molecule has 0 aliphatic heterocycles. The average molecular weight is 119 g/mol. The second kappa shape index (κ2) is 3.90. The van der Waals surface area contributed by atoms with Gasteiger partial charge < -0.3 is 4.79 Å². The van der Waals surface area contributed by atoms with Gasteiger partial charge in [-0.15, -0.1) is 0 Å². The van der Waals surface area contributed by atoms with Crippen LogP contribution in [0.3, 0.4) is 0 Å². The molecule has 0 bridgehead atoms. The Morgan fingerprint density at radius 2 is 2.43 bits per heavy atom. The average Bonchev–Trinajstić information content (AvgIpc) is 1.68. The largest absolute Gasteiger partial charge is 0.302 e. The van der Waals surface area contributed by atoms with Gasteiger partial charge in [-0.2, -0.15) is 0 Å². The third kappa shape index (κ3) is 3.56. The van der Waals surface area contributed by atoms with E-state index in [2.05, 4.69) is 5.09 Å². The van der Waals surface area contributed by atoms with Crippen molar-refractivity contribution >= 4 is 14.9 Å². The fourth-order valence-electron chi connectivity index (χ4n) is 0.114. The molecule has 0 aromatic heterocycles. The molecule has 40 valence electrons. The van der Waals surface area contributed by atoms with Gasteiger partial charge in [-0.3, -0.25) is 4.57 Å². The second-order valence-electron chi connectivity index (χ2n) is 1.15. The summed E-state index contributed by atoms with van der Waals surface area (Å²) in [5.74, 6) is 0. The molecule has 1 atom stereocenters. The molecule has 0 spiro atoms. The number of aldehydes is 1. The third-order valence-corrected chi connectivity index (χ3v) is 0.973. The van der Waals surface area contributed by atoms with E-state index in [1.54, 1.807) is 6.92 Å². The van der Waals surface area contributed by atoms with Gasteiger partial charge in [0.05, 0.1) is 6.04 Å². The lowest BCUT2D eigenvalue weighted by atomic mass is 10.4. The van der Waals surface area contributed by atoms with Crippen molar-refractivity contribution in [2.75, 3.05) is 0 Å². The molecule has 0 aliphatic carbocycles. The van der Waals surface area contributed by atoms with Crippen molar-refractivity contribution in [3.63, 3.8) is 0 Å². The van der Waals surface area contributed by atoms with Gasteiger partial charge in [0.15, 0.2) is 0 Å². The lowest BCUT2D eigenvalue weighted by Crippen LogP contribution is -2.16. The van der Waals surface area contributed by atoms with Gasteiger partial charge in [0, 0.05) is 0 Å². The zero-order chi connectivity index (χ0) is 5.70. The normalized spacial score (nSPS) is 13.9. The van der Waals surface area contributed by atoms with E-state index in [-0.39, 0.29) is 14.7 Å². The number of hydrogen-bond donors (Lipinski definition) is 1. The van der Waals surface area contributed by atoms with Gasteiger partial charge in [0.25, 0.3) is 0 Å². The highest BCUT2D eigenvalue weighted by Gasteiger charge is 1.92. The van der Waals surface area contributed by atoms with E-state index in [0.717, 1.165) is 0 Å². The Kier molecular flexibility index (Phi) is 3.75. The van der Waals surface area contributed by atoms with Crippen molar-refractivity contribution in [1.82, 2.24) is 5.09 Å². The van der Waals surface area contributed by atoms with Gasteiger partial charge in [-0.25, -0.2) is 5.09 Å². The van der Waals surface area contributed by atoms with Crippen molar-refractivity contribution in [1.29, 1.82) is 0 Å². The monoisotopic (exact) mass is 119 g/mol. The first-order valence-electron chi connectivity index (χ1n) is 1.84. The van der Waals surface area contributed by atoms with Crippen LogP contribution in [0.5, 0.6) is 0 Å². The van der Waals surface area contributed by atoms with E-state index in [1.807, 2.05) is 0 Å². The lowest BCUT2D eigenvalue weighted by molar-refractivity contribution is -0.108. The molecule has 0 aromatic carbocycles. The van der Waals surface area contributed by atoms with Crippen molar-refractivity contribution < 1.29 is 9.36 Å². The molecule has 0 fully saturated rings. The van der Waals surface area contributed by atoms with Crippen LogP contribution >= 0.6 is 8.61 Å². The predicted octanol–water partition coefficient (Wildman–Crippen LogP) is 0.370. The molecule has 0 amide bonds. The number of carbonyl (C=O) groups excluding carboxylic acids is 1. The Balaban J connectivity index is 3.15. The summed E-state index contributed by atoms with van der Waals surface area (Å²) in [5.41, 5.74) is 0. The standard InChI is InChI=1S/C3H6NO2P/c1-3(2-5)4-7-6/h2-3H,1H3,(H,4,6)/t3-/m0/s1. The number of nitrogens with one attached hydrogen (secondary N) is 1. The summed E-state index contributed by atoms with van der Waals surface area (Å²) < 4.78 is 9.60. The Morgan fingerprint density at radius 1 is 1.86 bits per heavy atom. The minimum atomic E-state index is -0.306. The molecule has 3 nitrogen and oxygen atoms in total. The van der Waals surface area contributed by atoms with Crippen molar-refractivity contribution in [3.8, 4) is 0 Å². The highest BCUT2D eigenvalue weighted by atomic mass is 31.1. The number of rotatable bonds is 3. The van der Waals surface area contributed by atoms with Crippen LogP contribution in [-0.4, -0.2) is 12.3 Å². The summed E-state index contributed by atoms with van der Waals surface area (Å²) in [6.45, 7) is 1.62. The van der Waals surface area contributed by atoms with Crippen LogP contribution in [0.15, 0.2) is 0 Å². The first-order chi connectivity index (χ1) is 3.31. The Hall–Kier alpha value is -0.270. The number of hydrogen-bond acceptors (Lipinski definition) is 2. The fourth-order valence-corrected chi connectivity index (χ4v) is 0.341. The third-order valence-electron chi connectivity index (χ3n) is 0.460. The van der Waals surface area contributed by atoms with Gasteiger partial charge in [0.1, 0.15) is 6.29 Å². The van der Waals surface area contributed by atoms with E-state index in [1.165, 1.54) is 0 Å². The Labute approximate surface area is 43.4 Å². The summed E-state index contributed by atoms with van der Waals surface area (Å²) in [6, 6.07) is -0.306. The Morgan fingerprint density at radius 3 is 2.57 bits per heavy atom. The maximum atomic E-state index is 9.69. The second-order valence-corrected chi connectivity index (χ2v) is 1.59. The first-order valence-corrected chi connectivity index (χ1v) is 2.65. The minimum Gasteiger partial charge on any atom is -0.302 e. The summed E-state index contributed by atoms with van der Waals surface area (Å²) in [4.78, 5) is 9.69. The smallest absolute Gasteiger partial charge is 0.246 e. The zero-order valence-electron chi connectivity index (χ0n) is 3.92. The minimum absolute atomic E-state index is 0.192. The first kappa shape index (κ1) is 6.73. The molecule has 0 radical (unpaired) electrons. The molecule has 0 rings (SSSR count). The summed E-state index contributed by atoms with van der Waals surface area (Å²) in [5, 5.41) is 2.34. The van der Waals surface area contributed by atoms with Crippen LogP contribution in [-0.2, 0) is 9.36 Å². The van der Waals surface area contributed by atoms with E-state index in [0.29, 0.717) is 6.29 Å². The van der Waals surface area contributed by atoms with Crippen molar-refractivity contribution in [2.45, 2.75) is 13.0 Å². The molecular formula is C3H6NO2P. The number of carbonyl (C=O) groups is 1. The highest BCUT2D eigenvalue weighted by molar-refractivity contribution is 7.21. The van der Waals surface area contributed by atoms with Gasteiger partial charge in [0.2, 0.25) is 8.61 Å². The van der Waals surface area contributed by atoms with Crippen LogP contribution in [0.1, 0.15) is 6.92 Å². The molecule has 0 saturated heterocycles. The molecule has 1 N–H and O–H groups in total. The Bertz CT molecular complexity index is 75.3. The zero-order valence-corrected chi connectivity index (χ0v) is 4.81. The topological polar surface area (TPSA) is 46.2 Å². The van der Waals surface area contributed by atoms with Crippen LogP contribution in [0, 0.1) is 0 Å². The van der Waals surface area contributed by atoms with E-state index in [4.69, 9.17) is 0 Å². The SMILES string of the molecule is C[C@@H](C=O)NP=O. The van der Waals surface area contributed by atoms with Gasteiger partial charge in [-0.05, 0) is 6.92 Å².